The highest BCUT2D eigenvalue weighted by Gasteiger charge is 2.04. The molecule has 0 unspecified atom stereocenters. The minimum atomic E-state index is -0.426. The minimum Gasteiger partial charge on any atom is -0.472 e. The molecule has 0 saturated heterocycles. The van der Waals surface area contributed by atoms with Gasteiger partial charge in [0.1, 0.15) is 0 Å². The summed E-state index contributed by atoms with van der Waals surface area (Å²) in [5, 5.41) is 0. The molecule has 66 valence electrons. The van der Waals surface area contributed by atoms with Crippen LogP contribution in [0.25, 0.3) is 11.3 Å². The first kappa shape index (κ1) is 7.60. The van der Waals surface area contributed by atoms with Gasteiger partial charge in [0, 0.05) is 5.56 Å². The Morgan fingerprint density at radius 1 is 1.54 bits per heavy atom. The van der Waals surface area contributed by atoms with Crippen LogP contribution in [0.2, 0.25) is 0 Å². The normalized spacial score (nSPS) is 10.2. The van der Waals surface area contributed by atoms with Crippen LogP contribution >= 0.6 is 0 Å². The molecule has 5 nitrogen and oxygen atoms in total. The maximum Gasteiger partial charge on any atom is 0.345 e. The number of furan rings is 1. The van der Waals surface area contributed by atoms with E-state index in [0.29, 0.717) is 11.4 Å². The van der Waals surface area contributed by atoms with E-state index in [9.17, 15) is 4.79 Å². The van der Waals surface area contributed by atoms with Crippen LogP contribution in [0, 0.1) is 0 Å². The van der Waals surface area contributed by atoms with Crippen molar-refractivity contribution >= 4 is 5.69 Å². The number of nitrogen functional groups attached to an aromatic ring is 1. The average molecular weight is 177 g/mol. The van der Waals surface area contributed by atoms with E-state index < -0.39 is 5.69 Å². The number of H-pyrrole nitrogens is 1. The van der Waals surface area contributed by atoms with Gasteiger partial charge in [0.15, 0.2) is 0 Å². The number of hydrogen-bond acceptors (Lipinski definition) is 4. The van der Waals surface area contributed by atoms with E-state index in [1.807, 2.05) is 0 Å². The lowest BCUT2D eigenvalue weighted by Crippen LogP contribution is -2.11. The number of aromatic nitrogens is 2. The van der Waals surface area contributed by atoms with E-state index in [4.69, 9.17) is 10.2 Å². The fourth-order valence-electron chi connectivity index (χ4n) is 1.05. The van der Waals surface area contributed by atoms with E-state index in [1.165, 1.54) is 18.7 Å². The number of nitrogens with zero attached hydrogens (tertiary/aromatic N) is 1. The fourth-order valence-corrected chi connectivity index (χ4v) is 1.05. The van der Waals surface area contributed by atoms with Gasteiger partial charge >= 0.3 is 5.69 Å². The van der Waals surface area contributed by atoms with Gasteiger partial charge in [-0.2, -0.15) is 4.98 Å². The maximum atomic E-state index is 10.9. The van der Waals surface area contributed by atoms with Crippen LogP contribution in [-0.2, 0) is 0 Å². The number of hydrogen-bond donors (Lipinski definition) is 2. The zero-order chi connectivity index (χ0) is 9.26. The Morgan fingerprint density at radius 2 is 2.38 bits per heavy atom. The maximum absolute atomic E-state index is 10.9. The van der Waals surface area contributed by atoms with Crippen molar-refractivity contribution in [2.24, 2.45) is 0 Å². The standard InChI is InChI=1S/C8H7N3O2/c9-6-3-10-8(12)11-7(6)5-1-2-13-4-5/h1-4H,9H2,(H,10,11,12). The number of rotatable bonds is 1. The molecule has 0 aliphatic heterocycles. The highest BCUT2D eigenvalue weighted by molar-refractivity contribution is 5.70. The molecule has 0 atom stereocenters. The van der Waals surface area contributed by atoms with E-state index in [2.05, 4.69) is 9.97 Å². The summed E-state index contributed by atoms with van der Waals surface area (Å²) >= 11 is 0. The molecule has 2 heterocycles. The largest absolute Gasteiger partial charge is 0.472 e. The molecular weight excluding hydrogens is 170 g/mol. The fraction of sp³-hybridized carbons (Fsp3) is 0. The first-order valence-electron chi connectivity index (χ1n) is 3.65. The highest BCUT2D eigenvalue weighted by Crippen LogP contribution is 2.20. The third-order valence-corrected chi connectivity index (χ3v) is 1.65. The lowest BCUT2D eigenvalue weighted by atomic mass is 10.2. The molecule has 5 heteroatoms. The number of nitrogens with one attached hydrogen (secondary N) is 1. The van der Waals surface area contributed by atoms with Crippen molar-refractivity contribution in [2.75, 3.05) is 5.73 Å². The second kappa shape index (κ2) is 2.78. The smallest absolute Gasteiger partial charge is 0.345 e. The monoisotopic (exact) mass is 177 g/mol. The van der Waals surface area contributed by atoms with Gasteiger partial charge < -0.3 is 15.1 Å². The van der Waals surface area contributed by atoms with Gasteiger partial charge in [0.2, 0.25) is 0 Å². The third-order valence-electron chi connectivity index (χ3n) is 1.65. The van der Waals surface area contributed by atoms with Crippen LogP contribution in [0.4, 0.5) is 5.69 Å². The summed E-state index contributed by atoms with van der Waals surface area (Å²) in [5.74, 6) is 0. The summed E-state index contributed by atoms with van der Waals surface area (Å²) in [7, 11) is 0. The summed E-state index contributed by atoms with van der Waals surface area (Å²) < 4.78 is 4.87. The molecule has 2 aromatic rings. The van der Waals surface area contributed by atoms with Gasteiger partial charge in [0.25, 0.3) is 0 Å². The van der Waals surface area contributed by atoms with E-state index in [0.717, 1.165) is 5.56 Å². The predicted octanol–water partition coefficient (Wildman–Crippen LogP) is 0.612. The Bertz CT molecular complexity index is 458. The summed E-state index contributed by atoms with van der Waals surface area (Å²) in [6, 6.07) is 1.71. The molecule has 0 aromatic carbocycles. The van der Waals surface area contributed by atoms with Crippen molar-refractivity contribution in [3.63, 3.8) is 0 Å². The minimum absolute atomic E-state index is 0.418. The molecule has 3 N–H and O–H groups in total. The average Bonchev–Trinajstić information content (AvgIpc) is 2.61. The summed E-state index contributed by atoms with van der Waals surface area (Å²) in [4.78, 5) is 16.9. The van der Waals surface area contributed by atoms with Crippen molar-refractivity contribution < 1.29 is 4.42 Å². The summed E-state index contributed by atoms with van der Waals surface area (Å²) in [6.45, 7) is 0. The van der Waals surface area contributed by atoms with Gasteiger partial charge in [-0.15, -0.1) is 0 Å². The molecule has 0 bridgehead atoms. The van der Waals surface area contributed by atoms with E-state index >= 15 is 0 Å². The quantitative estimate of drug-likeness (QED) is 0.668. The number of aromatic amines is 1. The molecule has 0 aliphatic rings. The van der Waals surface area contributed by atoms with Crippen molar-refractivity contribution in [1.82, 2.24) is 9.97 Å². The lowest BCUT2D eigenvalue weighted by Gasteiger charge is -1.99. The van der Waals surface area contributed by atoms with Crippen LogP contribution in [0.15, 0.2) is 34.0 Å². The van der Waals surface area contributed by atoms with Gasteiger partial charge in [-0.25, -0.2) is 4.79 Å². The molecule has 0 fully saturated rings. The predicted molar refractivity (Wildman–Crippen MR) is 47.0 cm³/mol. The third kappa shape index (κ3) is 1.31. The molecule has 0 saturated carbocycles. The Kier molecular flexibility index (Phi) is 1.63. The highest BCUT2D eigenvalue weighted by atomic mass is 16.3. The zero-order valence-electron chi connectivity index (χ0n) is 6.65. The van der Waals surface area contributed by atoms with Gasteiger partial charge in [0.05, 0.1) is 30.1 Å². The summed E-state index contributed by atoms with van der Waals surface area (Å²) in [6.07, 6.45) is 4.33. The molecule has 0 spiro atoms. The molecule has 0 radical (unpaired) electrons. The van der Waals surface area contributed by atoms with E-state index in [-0.39, 0.29) is 0 Å². The Balaban J connectivity index is 2.64. The van der Waals surface area contributed by atoms with Crippen molar-refractivity contribution in [3.8, 4) is 11.3 Å². The summed E-state index contributed by atoms with van der Waals surface area (Å²) in [5.41, 5.74) is 6.87. The second-order valence-electron chi connectivity index (χ2n) is 2.53. The molecule has 2 aromatic heterocycles. The molecule has 0 amide bonds. The van der Waals surface area contributed by atoms with Crippen LogP contribution in [0.3, 0.4) is 0 Å². The number of anilines is 1. The molecule has 0 aliphatic carbocycles. The first-order chi connectivity index (χ1) is 6.27. The van der Waals surface area contributed by atoms with E-state index in [1.54, 1.807) is 6.07 Å². The van der Waals surface area contributed by atoms with Crippen LogP contribution in [-0.4, -0.2) is 9.97 Å². The van der Waals surface area contributed by atoms with Crippen molar-refractivity contribution in [3.05, 3.63) is 35.3 Å². The van der Waals surface area contributed by atoms with Gasteiger partial charge in [-0.3, -0.25) is 0 Å². The van der Waals surface area contributed by atoms with Crippen molar-refractivity contribution in [2.45, 2.75) is 0 Å². The second-order valence-corrected chi connectivity index (χ2v) is 2.53. The first-order valence-corrected chi connectivity index (χ1v) is 3.65. The lowest BCUT2D eigenvalue weighted by molar-refractivity contribution is 0.568. The number of nitrogens with two attached hydrogens (primary N) is 1. The zero-order valence-corrected chi connectivity index (χ0v) is 6.65. The van der Waals surface area contributed by atoms with Gasteiger partial charge in [-0.1, -0.05) is 0 Å². The molecular formula is C8H7N3O2. The van der Waals surface area contributed by atoms with Crippen LogP contribution < -0.4 is 11.4 Å². The molecule has 13 heavy (non-hydrogen) atoms. The van der Waals surface area contributed by atoms with Crippen molar-refractivity contribution in [1.29, 1.82) is 0 Å². The van der Waals surface area contributed by atoms with Crippen LogP contribution in [0.5, 0.6) is 0 Å². The Morgan fingerprint density at radius 3 is 3.08 bits per heavy atom. The topological polar surface area (TPSA) is 84.9 Å². The SMILES string of the molecule is Nc1cnc(=O)[nH]c1-c1ccoc1. The van der Waals surface area contributed by atoms with Crippen LogP contribution in [0.1, 0.15) is 0 Å². The van der Waals surface area contributed by atoms with Gasteiger partial charge in [-0.05, 0) is 6.07 Å². The molecule has 2 rings (SSSR count). The Hall–Kier alpha value is -2.04. The Labute approximate surface area is 73.2 Å².